The lowest BCUT2D eigenvalue weighted by atomic mass is 9.69. The molecule has 1 spiro atoms. The first-order chi connectivity index (χ1) is 5.37. The van der Waals surface area contributed by atoms with E-state index in [0.29, 0.717) is 0 Å². The first-order valence-corrected chi connectivity index (χ1v) is 4.19. The molecule has 2 heterocycles. The Morgan fingerprint density at radius 1 is 1.45 bits per heavy atom. The highest BCUT2D eigenvalue weighted by Crippen LogP contribution is 2.34. The number of nitrogens with one attached hydrogen (secondary N) is 2. The highest BCUT2D eigenvalue weighted by atomic mass is 16.1. The van der Waals surface area contributed by atoms with Gasteiger partial charge in [0, 0.05) is 18.5 Å². The summed E-state index contributed by atoms with van der Waals surface area (Å²) in [6.07, 6.45) is 4.43. The molecule has 61 valence electrons. The maximum Gasteiger partial charge on any atom is 0.217 e. The van der Waals surface area contributed by atoms with Gasteiger partial charge in [-0.05, 0) is 19.4 Å². The molecule has 2 aliphatic rings. The van der Waals surface area contributed by atoms with E-state index in [0.717, 1.165) is 19.6 Å². The molecule has 2 fully saturated rings. The lowest BCUT2D eigenvalue weighted by molar-refractivity contribution is 0.0878. The van der Waals surface area contributed by atoms with Crippen molar-refractivity contribution in [2.75, 3.05) is 19.6 Å². The van der Waals surface area contributed by atoms with Gasteiger partial charge in [0.15, 0.2) is 0 Å². The molecule has 0 aromatic rings. The van der Waals surface area contributed by atoms with Gasteiger partial charge in [0.25, 0.3) is 0 Å². The van der Waals surface area contributed by atoms with Crippen molar-refractivity contribution >= 4 is 6.29 Å². The lowest BCUT2D eigenvalue weighted by Crippen LogP contribution is -2.68. The van der Waals surface area contributed by atoms with Crippen molar-refractivity contribution in [2.24, 2.45) is 5.41 Å². The fourth-order valence-corrected chi connectivity index (χ4v) is 2.05. The minimum atomic E-state index is -0.00435. The summed E-state index contributed by atoms with van der Waals surface area (Å²) >= 11 is 0. The van der Waals surface area contributed by atoms with Gasteiger partial charge in [-0.3, -0.25) is 4.79 Å². The Morgan fingerprint density at radius 2 is 2.36 bits per heavy atom. The highest BCUT2D eigenvalue weighted by Gasteiger charge is 2.47. The number of rotatable bonds is 1. The van der Waals surface area contributed by atoms with Crippen molar-refractivity contribution in [1.29, 1.82) is 0 Å². The van der Waals surface area contributed by atoms with Crippen LogP contribution in [0, 0.1) is 5.41 Å². The van der Waals surface area contributed by atoms with Gasteiger partial charge >= 0.3 is 0 Å². The van der Waals surface area contributed by atoms with Crippen molar-refractivity contribution in [3.8, 4) is 0 Å². The molecule has 0 bridgehead atoms. The predicted octanol–water partition coefficient (Wildman–Crippen LogP) is -0.562. The Labute approximate surface area is 66.5 Å². The van der Waals surface area contributed by atoms with Gasteiger partial charge in [0.2, 0.25) is 6.29 Å². The Hall–Kier alpha value is -0.410. The van der Waals surface area contributed by atoms with Gasteiger partial charge in [-0.15, -0.1) is 0 Å². The molecule has 2 N–H and O–H groups in total. The molecule has 3 heteroatoms. The molecular weight excluding hydrogens is 140 g/mol. The first-order valence-electron chi connectivity index (χ1n) is 4.19. The van der Waals surface area contributed by atoms with Crippen LogP contribution in [0.15, 0.2) is 0 Å². The Bertz CT molecular complexity index is 163. The molecule has 2 rings (SSSR count). The average Bonchev–Trinajstić information content (AvgIpc) is 2.05. The predicted molar refractivity (Wildman–Crippen MR) is 42.0 cm³/mol. The first kappa shape index (κ1) is 7.25. The van der Waals surface area contributed by atoms with Crippen molar-refractivity contribution in [3.63, 3.8) is 0 Å². The molecule has 0 aromatic carbocycles. The van der Waals surface area contributed by atoms with Crippen LogP contribution < -0.4 is 10.6 Å². The minimum Gasteiger partial charge on any atom is -0.316 e. The van der Waals surface area contributed by atoms with Crippen LogP contribution in [0.2, 0.25) is 0 Å². The maximum absolute atomic E-state index is 10.4. The largest absolute Gasteiger partial charge is 0.316 e. The monoisotopic (exact) mass is 153 g/mol. The minimum absolute atomic E-state index is 0.00435. The van der Waals surface area contributed by atoms with E-state index in [1.54, 1.807) is 0 Å². The average molecular weight is 153 g/mol. The van der Waals surface area contributed by atoms with Gasteiger partial charge < -0.3 is 10.6 Å². The fourth-order valence-electron chi connectivity index (χ4n) is 2.05. The van der Waals surface area contributed by atoms with Crippen LogP contribution in [0.5, 0.6) is 0 Å². The van der Waals surface area contributed by atoms with Gasteiger partial charge in [-0.25, -0.2) is 0 Å². The van der Waals surface area contributed by atoms with E-state index < -0.39 is 0 Å². The second kappa shape index (κ2) is 2.57. The van der Waals surface area contributed by atoms with E-state index in [1.807, 2.05) is 0 Å². The van der Waals surface area contributed by atoms with E-state index >= 15 is 0 Å². The molecule has 3 nitrogen and oxygen atoms in total. The quantitative estimate of drug-likeness (QED) is 0.530. The van der Waals surface area contributed by atoms with E-state index in [4.69, 9.17) is 0 Å². The van der Waals surface area contributed by atoms with Gasteiger partial charge in [-0.2, -0.15) is 0 Å². The standard InChI is InChI=1S/C8H13N2O/c11-4-7-8(6-10-7)2-1-3-9-5-8/h7,9-10H,1-3,5-6H2. The zero-order valence-electron chi connectivity index (χ0n) is 6.52. The molecule has 0 amide bonds. The van der Waals surface area contributed by atoms with Crippen LogP contribution in [-0.2, 0) is 4.79 Å². The van der Waals surface area contributed by atoms with E-state index in [1.165, 1.54) is 12.8 Å². The van der Waals surface area contributed by atoms with Crippen molar-refractivity contribution in [1.82, 2.24) is 10.6 Å². The van der Waals surface area contributed by atoms with Crippen LogP contribution in [0.25, 0.3) is 0 Å². The number of hydrogen-bond acceptors (Lipinski definition) is 3. The lowest BCUT2D eigenvalue weighted by Gasteiger charge is -2.50. The summed E-state index contributed by atoms with van der Waals surface area (Å²) in [4.78, 5) is 10.4. The Morgan fingerprint density at radius 3 is 2.82 bits per heavy atom. The third-order valence-corrected chi connectivity index (χ3v) is 2.89. The molecule has 11 heavy (non-hydrogen) atoms. The topological polar surface area (TPSA) is 41.1 Å². The van der Waals surface area contributed by atoms with Gasteiger partial charge in [-0.1, -0.05) is 0 Å². The van der Waals surface area contributed by atoms with Crippen LogP contribution in [0.1, 0.15) is 12.8 Å². The third kappa shape index (κ3) is 0.993. The summed E-state index contributed by atoms with van der Waals surface area (Å²) in [7, 11) is 0. The van der Waals surface area contributed by atoms with Gasteiger partial charge in [0.05, 0.1) is 6.04 Å². The van der Waals surface area contributed by atoms with Crippen LogP contribution in [0.3, 0.4) is 0 Å². The molecular formula is C8H13N2O. The van der Waals surface area contributed by atoms with E-state index in [-0.39, 0.29) is 11.5 Å². The summed E-state index contributed by atoms with van der Waals surface area (Å²) in [5.41, 5.74) is 0.222. The number of piperidine rings is 1. The van der Waals surface area contributed by atoms with E-state index in [9.17, 15) is 4.79 Å². The third-order valence-electron chi connectivity index (χ3n) is 2.89. The molecule has 0 saturated carbocycles. The van der Waals surface area contributed by atoms with E-state index in [2.05, 4.69) is 16.9 Å². The summed E-state index contributed by atoms with van der Waals surface area (Å²) in [5.74, 6) is 0. The molecule has 1 radical (unpaired) electrons. The number of carbonyl (C=O) groups excluding carboxylic acids is 1. The van der Waals surface area contributed by atoms with Crippen LogP contribution >= 0.6 is 0 Å². The van der Waals surface area contributed by atoms with Crippen LogP contribution in [-0.4, -0.2) is 32.0 Å². The number of hydrogen-bond donors (Lipinski definition) is 2. The van der Waals surface area contributed by atoms with Crippen molar-refractivity contribution in [3.05, 3.63) is 0 Å². The second-order valence-electron chi connectivity index (χ2n) is 3.57. The van der Waals surface area contributed by atoms with Gasteiger partial charge in [0.1, 0.15) is 0 Å². The summed E-state index contributed by atoms with van der Waals surface area (Å²) < 4.78 is 0. The summed E-state index contributed by atoms with van der Waals surface area (Å²) in [5, 5.41) is 6.42. The molecule has 2 unspecified atom stereocenters. The smallest absolute Gasteiger partial charge is 0.217 e. The SMILES string of the molecule is O=[C]C1NCC12CCCNC2. The van der Waals surface area contributed by atoms with Crippen LogP contribution in [0.4, 0.5) is 0 Å². The zero-order valence-corrected chi connectivity index (χ0v) is 6.52. The molecule has 0 aliphatic carbocycles. The Kier molecular flexibility index (Phi) is 1.69. The highest BCUT2D eigenvalue weighted by molar-refractivity contribution is 5.62. The molecule has 2 atom stereocenters. The van der Waals surface area contributed by atoms with Crippen molar-refractivity contribution in [2.45, 2.75) is 18.9 Å². The summed E-state index contributed by atoms with van der Waals surface area (Å²) in [6, 6.07) is -0.00435. The maximum atomic E-state index is 10.4. The molecule has 0 aromatic heterocycles. The van der Waals surface area contributed by atoms with Crippen molar-refractivity contribution < 1.29 is 4.79 Å². The Balaban J connectivity index is 2.02. The summed E-state index contributed by atoms with van der Waals surface area (Å²) in [6.45, 7) is 3.08. The zero-order chi connectivity index (χ0) is 7.73. The molecule has 2 saturated heterocycles. The second-order valence-corrected chi connectivity index (χ2v) is 3.57. The normalized spacial score (nSPS) is 43.5. The fraction of sp³-hybridized carbons (Fsp3) is 0.875. The molecule has 2 aliphatic heterocycles.